The van der Waals surface area contributed by atoms with Gasteiger partial charge in [0.25, 0.3) is 5.91 Å². The van der Waals surface area contributed by atoms with E-state index in [1.54, 1.807) is 23.1 Å². The first kappa shape index (κ1) is 20.7. The Kier molecular flexibility index (Phi) is 6.57. The molecule has 0 atom stereocenters. The zero-order valence-electron chi connectivity index (χ0n) is 16.8. The van der Waals surface area contributed by atoms with Crippen LogP contribution in [-0.4, -0.2) is 55.3 Å². The minimum absolute atomic E-state index is 0.188. The summed E-state index contributed by atoms with van der Waals surface area (Å²) in [6, 6.07) is 13.0. The van der Waals surface area contributed by atoms with Crippen molar-refractivity contribution in [2.75, 3.05) is 43.4 Å². The first-order valence-corrected chi connectivity index (χ1v) is 11.3. The fourth-order valence-corrected chi connectivity index (χ4v) is 4.72. The van der Waals surface area contributed by atoms with Crippen LogP contribution in [0.2, 0.25) is 0 Å². The van der Waals surface area contributed by atoms with E-state index in [-0.39, 0.29) is 30.1 Å². The summed E-state index contributed by atoms with van der Waals surface area (Å²) in [5.74, 6) is -0.669. The normalized spacial score (nSPS) is 15.8. The molecule has 30 heavy (non-hydrogen) atoms. The van der Waals surface area contributed by atoms with Gasteiger partial charge in [-0.15, -0.1) is 11.8 Å². The van der Waals surface area contributed by atoms with Crippen LogP contribution in [0.25, 0.3) is 0 Å². The van der Waals surface area contributed by atoms with Gasteiger partial charge in [-0.3, -0.25) is 9.59 Å². The minimum atomic E-state index is -0.390. The highest BCUT2D eigenvalue weighted by molar-refractivity contribution is 8.00. The highest BCUT2D eigenvalue weighted by Crippen LogP contribution is 2.27. The number of fused-ring (bicyclic) bond motifs is 1. The second-order valence-electron chi connectivity index (χ2n) is 7.55. The molecule has 5 nitrogen and oxygen atoms in total. The molecule has 1 aliphatic carbocycles. The maximum absolute atomic E-state index is 13.9. The number of hydrogen-bond donors (Lipinski definition) is 0. The maximum Gasteiger partial charge on any atom is 0.316 e. The molecule has 0 radical (unpaired) electrons. The van der Waals surface area contributed by atoms with E-state index in [9.17, 15) is 14.0 Å². The lowest BCUT2D eigenvalue weighted by molar-refractivity contribution is -0.150. The first-order valence-electron chi connectivity index (χ1n) is 10.3. The molecule has 4 rings (SSSR count). The third-order valence-electron chi connectivity index (χ3n) is 5.61. The smallest absolute Gasteiger partial charge is 0.316 e. The Morgan fingerprint density at radius 3 is 2.57 bits per heavy atom. The summed E-state index contributed by atoms with van der Waals surface area (Å²) >= 11 is 1.44. The standard InChI is InChI=1S/C23H25FN2O3S/c24-20-6-1-2-7-21(20)25-10-12-26(13-11-25)22(27)15-29-23(28)16-30-19-9-8-17-4-3-5-18(17)14-19/h1-2,6-9,14H,3-5,10-13,15-16H2. The number of piperazine rings is 1. The van der Waals surface area contributed by atoms with E-state index in [0.29, 0.717) is 31.9 Å². The Hall–Kier alpha value is -2.54. The molecule has 1 saturated heterocycles. The van der Waals surface area contributed by atoms with Crippen molar-refractivity contribution in [3.8, 4) is 0 Å². The van der Waals surface area contributed by atoms with Crippen LogP contribution in [-0.2, 0) is 27.2 Å². The van der Waals surface area contributed by atoms with Crippen LogP contribution in [0.15, 0.2) is 47.4 Å². The average Bonchev–Trinajstić information content (AvgIpc) is 3.24. The number of carbonyl (C=O) groups is 2. The molecular weight excluding hydrogens is 403 g/mol. The van der Waals surface area contributed by atoms with Crippen molar-refractivity contribution >= 4 is 29.3 Å². The summed E-state index contributed by atoms with van der Waals surface area (Å²) < 4.78 is 19.1. The highest BCUT2D eigenvalue weighted by Gasteiger charge is 2.23. The molecule has 2 aliphatic rings. The van der Waals surface area contributed by atoms with Crippen molar-refractivity contribution in [3.05, 3.63) is 59.4 Å². The quantitative estimate of drug-likeness (QED) is 0.522. The molecule has 1 aliphatic heterocycles. The molecule has 0 spiro atoms. The number of carbonyl (C=O) groups excluding carboxylic acids is 2. The molecule has 1 heterocycles. The minimum Gasteiger partial charge on any atom is -0.455 e. The number of anilines is 1. The molecule has 1 fully saturated rings. The number of benzene rings is 2. The number of nitrogens with zero attached hydrogens (tertiary/aromatic N) is 2. The zero-order chi connectivity index (χ0) is 20.9. The lowest BCUT2D eigenvalue weighted by atomic mass is 10.1. The van der Waals surface area contributed by atoms with Gasteiger partial charge in [0.2, 0.25) is 0 Å². The summed E-state index contributed by atoms with van der Waals surface area (Å²) in [5.41, 5.74) is 3.33. The second kappa shape index (κ2) is 9.51. The van der Waals surface area contributed by atoms with Gasteiger partial charge in [0.05, 0.1) is 11.4 Å². The summed E-state index contributed by atoms with van der Waals surface area (Å²) in [6.45, 7) is 1.82. The maximum atomic E-state index is 13.9. The molecule has 0 bridgehead atoms. The fraction of sp³-hybridized carbons (Fsp3) is 0.391. The molecule has 0 unspecified atom stereocenters. The van der Waals surface area contributed by atoms with Crippen LogP contribution >= 0.6 is 11.8 Å². The van der Waals surface area contributed by atoms with Crippen LogP contribution in [0.4, 0.5) is 10.1 Å². The summed E-state index contributed by atoms with van der Waals surface area (Å²) in [4.78, 5) is 29.1. The van der Waals surface area contributed by atoms with Gasteiger partial charge in [0, 0.05) is 31.1 Å². The molecule has 0 saturated carbocycles. The predicted octanol–water partition coefficient (Wildman–Crippen LogP) is 3.30. The number of esters is 1. The Morgan fingerprint density at radius 1 is 1.00 bits per heavy atom. The number of rotatable bonds is 6. The molecule has 0 N–H and O–H groups in total. The Bertz CT molecular complexity index is 928. The van der Waals surface area contributed by atoms with Crippen LogP contribution in [0.5, 0.6) is 0 Å². The lowest BCUT2D eigenvalue weighted by Gasteiger charge is -2.36. The van der Waals surface area contributed by atoms with Crippen molar-refractivity contribution in [2.24, 2.45) is 0 Å². The Labute approximate surface area is 180 Å². The Balaban J connectivity index is 1.18. The summed E-state index contributed by atoms with van der Waals surface area (Å²) in [7, 11) is 0. The van der Waals surface area contributed by atoms with Gasteiger partial charge in [-0.05, 0) is 54.7 Å². The summed E-state index contributed by atoms with van der Waals surface area (Å²) in [5, 5.41) is 0. The number of ether oxygens (including phenoxy) is 1. The first-order chi connectivity index (χ1) is 14.6. The topological polar surface area (TPSA) is 49.9 Å². The predicted molar refractivity (Wildman–Crippen MR) is 115 cm³/mol. The molecule has 2 aromatic rings. The van der Waals surface area contributed by atoms with Crippen molar-refractivity contribution < 1.29 is 18.7 Å². The van der Waals surface area contributed by atoms with E-state index < -0.39 is 0 Å². The van der Waals surface area contributed by atoms with Crippen LogP contribution in [0.3, 0.4) is 0 Å². The van der Waals surface area contributed by atoms with Crippen LogP contribution < -0.4 is 4.90 Å². The van der Waals surface area contributed by atoms with E-state index in [1.807, 2.05) is 11.0 Å². The average molecular weight is 429 g/mol. The molecule has 7 heteroatoms. The van der Waals surface area contributed by atoms with Crippen molar-refractivity contribution in [1.82, 2.24) is 4.90 Å². The molecule has 1 amide bonds. The third kappa shape index (κ3) is 4.95. The van der Waals surface area contributed by atoms with Crippen LogP contribution in [0, 0.1) is 5.82 Å². The van der Waals surface area contributed by atoms with Crippen molar-refractivity contribution in [1.29, 1.82) is 0 Å². The second-order valence-corrected chi connectivity index (χ2v) is 8.60. The van der Waals surface area contributed by atoms with Gasteiger partial charge < -0.3 is 14.5 Å². The molecule has 0 aromatic heterocycles. The van der Waals surface area contributed by atoms with Gasteiger partial charge >= 0.3 is 5.97 Å². The fourth-order valence-electron chi connectivity index (χ4n) is 3.96. The molecule has 158 valence electrons. The summed E-state index contributed by atoms with van der Waals surface area (Å²) in [6.07, 6.45) is 3.44. The van der Waals surface area contributed by atoms with Gasteiger partial charge in [-0.25, -0.2) is 4.39 Å². The number of amides is 1. The van der Waals surface area contributed by atoms with E-state index in [2.05, 4.69) is 12.1 Å². The molecule has 2 aromatic carbocycles. The Morgan fingerprint density at radius 2 is 1.77 bits per heavy atom. The van der Waals surface area contributed by atoms with Crippen molar-refractivity contribution in [2.45, 2.75) is 24.2 Å². The van der Waals surface area contributed by atoms with Gasteiger partial charge in [0.15, 0.2) is 6.61 Å². The zero-order valence-corrected chi connectivity index (χ0v) is 17.6. The number of halogens is 1. The molecular formula is C23H25FN2O3S. The van der Waals surface area contributed by atoms with Gasteiger partial charge in [0.1, 0.15) is 5.82 Å². The monoisotopic (exact) mass is 428 g/mol. The van der Waals surface area contributed by atoms with Gasteiger partial charge in [-0.1, -0.05) is 18.2 Å². The third-order valence-corrected chi connectivity index (χ3v) is 6.58. The van der Waals surface area contributed by atoms with Crippen molar-refractivity contribution in [3.63, 3.8) is 0 Å². The number of para-hydroxylation sites is 1. The van der Waals surface area contributed by atoms with E-state index in [0.717, 1.165) is 17.7 Å². The highest BCUT2D eigenvalue weighted by atomic mass is 32.2. The van der Waals surface area contributed by atoms with Crippen LogP contribution in [0.1, 0.15) is 17.5 Å². The SMILES string of the molecule is O=C(CSc1ccc2c(c1)CCC2)OCC(=O)N1CCN(c2ccccc2F)CC1. The van der Waals surface area contributed by atoms with E-state index in [4.69, 9.17) is 4.74 Å². The number of aryl methyl sites for hydroxylation is 2. The largest absolute Gasteiger partial charge is 0.455 e. The lowest BCUT2D eigenvalue weighted by Crippen LogP contribution is -2.50. The number of thioether (sulfide) groups is 1. The van der Waals surface area contributed by atoms with E-state index in [1.165, 1.54) is 35.4 Å². The van der Waals surface area contributed by atoms with Gasteiger partial charge in [-0.2, -0.15) is 0 Å². The van der Waals surface area contributed by atoms with E-state index >= 15 is 0 Å². The number of hydrogen-bond acceptors (Lipinski definition) is 5.